The lowest BCUT2D eigenvalue weighted by atomic mass is 9.91. The lowest BCUT2D eigenvalue weighted by Gasteiger charge is -2.26. The van der Waals surface area contributed by atoms with E-state index in [1.165, 1.54) is 4.57 Å². The number of rotatable bonds is 5. The van der Waals surface area contributed by atoms with Crippen LogP contribution in [0.5, 0.6) is 0 Å². The van der Waals surface area contributed by atoms with E-state index in [2.05, 4.69) is 35.1 Å². The summed E-state index contributed by atoms with van der Waals surface area (Å²) in [7, 11) is 0. The van der Waals surface area contributed by atoms with Gasteiger partial charge in [-0.05, 0) is 42.2 Å². The monoisotopic (exact) mass is 627 g/mol. The van der Waals surface area contributed by atoms with Crippen LogP contribution in [-0.4, -0.2) is 23.1 Å². The van der Waals surface area contributed by atoms with Crippen LogP contribution in [-0.2, 0) is 14.3 Å². The minimum atomic E-state index is -0.803. The Kier molecular flexibility index (Phi) is 7.09. The van der Waals surface area contributed by atoms with Gasteiger partial charge in [-0.3, -0.25) is 14.2 Å². The molecule has 6 rings (SSSR count). The third-order valence-electron chi connectivity index (χ3n) is 7.22. The molecule has 1 amide bonds. The number of ether oxygens (including phenoxy) is 1. The largest absolute Gasteiger partial charge is 0.463 e. The summed E-state index contributed by atoms with van der Waals surface area (Å²) in [5.74, 6) is -0.582. The predicted octanol–water partition coefficient (Wildman–Crippen LogP) is 5.14. The molecule has 0 radical (unpaired) electrons. The number of benzene rings is 3. The first-order chi connectivity index (χ1) is 19.8. The Morgan fingerprint density at radius 1 is 1.07 bits per heavy atom. The minimum absolute atomic E-state index is 0.170. The van der Waals surface area contributed by atoms with Crippen molar-refractivity contribution in [2.24, 2.45) is 4.99 Å². The van der Waals surface area contributed by atoms with Crippen molar-refractivity contribution in [2.45, 2.75) is 32.7 Å². The number of anilines is 1. The average Bonchev–Trinajstić information content (AvgIpc) is 3.47. The van der Waals surface area contributed by atoms with Crippen LogP contribution in [0.25, 0.3) is 11.3 Å². The van der Waals surface area contributed by atoms with Crippen molar-refractivity contribution in [2.75, 3.05) is 11.9 Å². The molecule has 1 N–H and O–H groups in total. The Labute approximate surface area is 248 Å². The zero-order valence-electron chi connectivity index (χ0n) is 22.6. The number of hydrogen-bond donors (Lipinski definition) is 1. The molecule has 3 heterocycles. The fourth-order valence-electron chi connectivity index (χ4n) is 5.23. The van der Waals surface area contributed by atoms with E-state index in [0.717, 1.165) is 32.5 Å². The van der Waals surface area contributed by atoms with Gasteiger partial charge in [-0.15, -0.1) is 0 Å². The first-order valence-electron chi connectivity index (χ1n) is 13.3. The van der Waals surface area contributed by atoms with Crippen LogP contribution in [0.3, 0.4) is 0 Å². The molecule has 2 aliphatic rings. The van der Waals surface area contributed by atoms with Crippen molar-refractivity contribution in [3.63, 3.8) is 0 Å². The van der Waals surface area contributed by atoms with Crippen molar-refractivity contribution in [1.82, 2.24) is 4.57 Å². The number of thiazole rings is 1. The van der Waals surface area contributed by atoms with E-state index in [1.807, 2.05) is 66.7 Å². The normalized spacial score (nSPS) is 17.2. The van der Waals surface area contributed by atoms with Crippen molar-refractivity contribution in [1.29, 1.82) is 0 Å². The van der Waals surface area contributed by atoms with Gasteiger partial charge < -0.3 is 10.1 Å². The lowest BCUT2D eigenvalue weighted by molar-refractivity contribution is -0.138. The highest BCUT2D eigenvalue weighted by molar-refractivity contribution is 9.10. The van der Waals surface area contributed by atoms with Crippen molar-refractivity contribution < 1.29 is 14.3 Å². The molecule has 0 saturated heterocycles. The summed E-state index contributed by atoms with van der Waals surface area (Å²) in [6.45, 7) is 6.14. The molecule has 9 heteroatoms. The van der Waals surface area contributed by atoms with Crippen LogP contribution in [0.1, 0.15) is 55.0 Å². The smallest absolute Gasteiger partial charge is 0.338 e. The summed E-state index contributed by atoms with van der Waals surface area (Å²) in [5, 5.41) is 2.87. The van der Waals surface area contributed by atoms with E-state index in [9.17, 15) is 14.4 Å². The van der Waals surface area contributed by atoms with E-state index < -0.39 is 17.6 Å². The molecular formula is C32H26BrN3O4S. The van der Waals surface area contributed by atoms with Crippen molar-refractivity contribution >= 4 is 56.1 Å². The van der Waals surface area contributed by atoms with Gasteiger partial charge in [-0.1, -0.05) is 95.7 Å². The van der Waals surface area contributed by atoms with E-state index in [4.69, 9.17) is 9.73 Å². The Morgan fingerprint density at radius 3 is 2.49 bits per heavy atom. The summed E-state index contributed by atoms with van der Waals surface area (Å²) in [4.78, 5) is 46.4. The van der Waals surface area contributed by atoms with Gasteiger partial charge in [0, 0.05) is 21.3 Å². The molecule has 4 aromatic rings. The molecule has 1 aromatic heterocycles. The van der Waals surface area contributed by atoms with Gasteiger partial charge in [0.05, 0.1) is 29.5 Å². The first kappa shape index (κ1) is 27.1. The van der Waals surface area contributed by atoms with Crippen LogP contribution in [0.15, 0.2) is 92.6 Å². The molecule has 0 fully saturated rings. The van der Waals surface area contributed by atoms with Gasteiger partial charge in [0.25, 0.3) is 11.5 Å². The Hall–Kier alpha value is -4.08. The van der Waals surface area contributed by atoms with Crippen LogP contribution in [0, 0.1) is 0 Å². The number of esters is 1. The highest BCUT2D eigenvalue weighted by Gasteiger charge is 2.36. The fourth-order valence-corrected chi connectivity index (χ4v) is 6.69. The summed E-state index contributed by atoms with van der Waals surface area (Å²) in [6.07, 6.45) is 0. The number of amides is 1. The maximum atomic E-state index is 14.3. The molecule has 206 valence electrons. The lowest BCUT2D eigenvalue weighted by Crippen LogP contribution is -2.40. The molecule has 3 aromatic carbocycles. The number of fused-ring (bicyclic) bond motifs is 2. The Balaban J connectivity index is 1.70. The second-order valence-corrected chi connectivity index (χ2v) is 12.0. The predicted molar refractivity (Wildman–Crippen MR) is 163 cm³/mol. The number of aromatic nitrogens is 1. The van der Waals surface area contributed by atoms with Gasteiger partial charge in [0.2, 0.25) is 0 Å². The van der Waals surface area contributed by atoms with Gasteiger partial charge in [-0.2, -0.15) is 0 Å². The number of carbonyl (C=O) groups excluding carboxylic acids is 2. The molecule has 2 aliphatic heterocycles. The van der Waals surface area contributed by atoms with E-state index in [-0.39, 0.29) is 22.6 Å². The van der Waals surface area contributed by atoms with Gasteiger partial charge in [-0.25, -0.2) is 9.79 Å². The summed E-state index contributed by atoms with van der Waals surface area (Å²) < 4.78 is 8.12. The third-order valence-corrected chi connectivity index (χ3v) is 8.77. The average molecular weight is 629 g/mol. The number of nitrogens with one attached hydrogen (secondary N) is 1. The maximum absolute atomic E-state index is 14.3. The maximum Gasteiger partial charge on any atom is 0.338 e. The van der Waals surface area contributed by atoms with Gasteiger partial charge in [0.1, 0.15) is 4.53 Å². The number of carbonyl (C=O) groups is 2. The number of hydrogen-bond acceptors (Lipinski definition) is 6. The highest BCUT2D eigenvalue weighted by Crippen LogP contribution is 2.36. The summed E-state index contributed by atoms with van der Waals surface area (Å²) in [5.41, 5.74) is 4.51. The fraction of sp³-hybridized carbons (Fsp3) is 0.188. The molecule has 0 saturated carbocycles. The third kappa shape index (κ3) is 4.69. The molecule has 0 spiro atoms. The van der Waals surface area contributed by atoms with Crippen LogP contribution < -0.4 is 20.2 Å². The molecule has 0 unspecified atom stereocenters. The second kappa shape index (κ2) is 10.7. The van der Waals surface area contributed by atoms with Crippen LogP contribution in [0.4, 0.5) is 5.69 Å². The zero-order valence-corrected chi connectivity index (χ0v) is 25.0. The zero-order chi connectivity index (χ0) is 28.8. The molecule has 0 aliphatic carbocycles. The summed E-state index contributed by atoms with van der Waals surface area (Å²) >= 11 is 4.63. The van der Waals surface area contributed by atoms with Gasteiger partial charge >= 0.3 is 5.97 Å². The van der Waals surface area contributed by atoms with E-state index in [0.29, 0.717) is 33.2 Å². The van der Waals surface area contributed by atoms with E-state index in [1.54, 1.807) is 13.0 Å². The Morgan fingerprint density at radius 2 is 1.80 bits per heavy atom. The molecule has 0 bridgehead atoms. The molecule has 7 nitrogen and oxygen atoms in total. The van der Waals surface area contributed by atoms with Crippen molar-refractivity contribution in [3.8, 4) is 0 Å². The van der Waals surface area contributed by atoms with Gasteiger partial charge in [0.15, 0.2) is 4.80 Å². The minimum Gasteiger partial charge on any atom is -0.463 e. The van der Waals surface area contributed by atoms with E-state index >= 15 is 0 Å². The standard InChI is InChI=1S/C32H26BrN3O4S/c1-4-40-31(39)25-26(19-8-6-5-7-9-19)35-32-36(27(25)20-12-10-18(11-13-20)17(2)3)30(38)28(41-32)24-22-16-21(33)14-15-23(22)34-29(24)37/h5-17,27H,4H2,1-3H3,(H,34,37)/b28-24-/t27-/m1/s1. The number of halogens is 1. The second-order valence-electron chi connectivity index (χ2n) is 10.1. The number of nitrogens with zero attached hydrogens (tertiary/aromatic N) is 2. The topological polar surface area (TPSA) is 89.8 Å². The summed E-state index contributed by atoms with van der Waals surface area (Å²) in [6, 6.07) is 22.0. The molecule has 1 atom stereocenters. The molecular weight excluding hydrogens is 602 g/mol. The first-order valence-corrected chi connectivity index (χ1v) is 14.9. The van der Waals surface area contributed by atoms with Crippen molar-refractivity contribution in [3.05, 3.63) is 125 Å². The van der Waals surface area contributed by atoms with Crippen LogP contribution >= 0.6 is 27.3 Å². The van der Waals surface area contributed by atoms with Crippen LogP contribution in [0.2, 0.25) is 0 Å². The Bertz CT molecular complexity index is 1920. The SMILES string of the molecule is CCOC(=O)C1=C(c2ccccc2)N=c2s/c(=C3\C(=O)Nc4ccc(Br)cc43)c(=O)n2[C@@H]1c1ccc(C(C)C)cc1. The molecule has 41 heavy (non-hydrogen) atoms. The highest BCUT2D eigenvalue weighted by atomic mass is 79.9. The quantitative estimate of drug-likeness (QED) is 0.310.